The first kappa shape index (κ1) is 22.3. The second kappa shape index (κ2) is 8.19. The number of nitrogens with zero attached hydrogens (tertiary/aromatic N) is 1. The van der Waals surface area contributed by atoms with Gasteiger partial charge in [0.15, 0.2) is 23.6 Å². The molecule has 0 saturated heterocycles. The molecule has 2 aromatic carbocycles. The summed E-state index contributed by atoms with van der Waals surface area (Å²) in [5, 5.41) is 13.4. The van der Waals surface area contributed by atoms with E-state index in [1.807, 2.05) is 30.3 Å². The van der Waals surface area contributed by atoms with Crippen LogP contribution in [0, 0.1) is 11.6 Å². The highest BCUT2D eigenvalue weighted by Crippen LogP contribution is 2.38. The summed E-state index contributed by atoms with van der Waals surface area (Å²) in [6, 6.07) is 12.5. The molecule has 0 spiro atoms. The van der Waals surface area contributed by atoms with Gasteiger partial charge in [0.1, 0.15) is 17.2 Å². The average molecular weight is 464 g/mol. The molecule has 2 heterocycles. The smallest absolute Gasteiger partial charge is 0.246 e. The zero-order valence-corrected chi connectivity index (χ0v) is 18.3. The molecule has 170 valence electrons. The SMILES string of the molecule is Cn1cc2c(c1C(O)Nc1ccc(F)c(F)c1)OC[C@@](C)(Cc1ccccc1)NS2(=O)=O. The van der Waals surface area contributed by atoms with Crippen LogP contribution in [0.4, 0.5) is 14.5 Å². The van der Waals surface area contributed by atoms with Crippen molar-refractivity contribution in [3.63, 3.8) is 0 Å². The van der Waals surface area contributed by atoms with Crippen LogP contribution in [-0.2, 0) is 23.5 Å². The molecule has 32 heavy (non-hydrogen) atoms. The molecule has 1 aliphatic rings. The number of fused-ring (bicyclic) bond motifs is 1. The summed E-state index contributed by atoms with van der Waals surface area (Å²) in [5.74, 6) is -2.09. The third kappa shape index (κ3) is 4.34. The Labute approximate surface area is 184 Å². The Hall–Kier alpha value is -2.95. The number of ether oxygens (including phenoxy) is 1. The molecule has 0 radical (unpaired) electrons. The molecular formula is C22H23F2N3O4S. The number of aliphatic hydroxyl groups excluding tert-OH is 1. The Balaban J connectivity index is 1.65. The van der Waals surface area contributed by atoms with Crippen molar-refractivity contribution in [3.05, 3.63) is 77.6 Å². The van der Waals surface area contributed by atoms with E-state index in [0.717, 1.165) is 17.7 Å². The van der Waals surface area contributed by atoms with Crippen molar-refractivity contribution in [1.29, 1.82) is 0 Å². The van der Waals surface area contributed by atoms with Gasteiger partial charge in [-0.3, -0.25) is 0 Å². The second-order valence-electron chi connectivity index (χ2n) is 8.11. The fraction of sp³-hybridized carbons (Fsp3) is 0.273. The number of hydrogen-bond donors (Lipinski definition) is 3. The van der Waals surface area contributed by atoms with Gasteiger partial charge in [-0.15, -0.1) is 0 Å². The Kier molecular flexibility index (Phi) is 5.70. The van der Waals surface area contributed by atoms with Gasteiger partial charge in [0, 0.05) is 25.0 Å². The molecule has 1 unspecified atom stereocenters. The van der Waals surface area contributed by atoms with Crippen molar-refractivity contribution in [2.45, 2.75) is 30.0 Å². The lowest BCUT2D eigenvalue weighted by molar-refractivity contribution is 0.179. The van der Waals surface area contributed by atoms with Crippen LogP contribution in [0.5, 0.6) is 5.75 Å². The summed E-state index contributed by atoms with van der Waals surface area (Å²) < 4.78 is 63.1. The molecular weight excluding hydrogens is 440 g/mol. The second-order valence-corrected chi connectivity index (χ2v) is 9.76. The number of rotatable bonds is 5. The number of aromatic nitrogens is 1. The summed E-state index contributed by atoms with van der Waals surface area (Å²) in [6.45, 7) is 1.77. The van der Waals surface area contributed by atoms with Gasteiger partial charge in [0.05, 0.1) is 5.54 Å². The van der Waals surface area contributed by atoms with Crippen LogP contribution in [0.3, 0.4) is 0 Å². The van der Waals surface area contributed by atoms with Crippen LogP contribution in [0.2, 0.25) is 0 Å². The number of benzene rings is 2. The summed E-state index contributed by atoms with van der Waals surface area (Å²) in [7, 11) is -2.41. The highest BCUT2D eigenvalue weighted by atomic mass is 32.2. The fourth-order valence-corrected chi connectivity index (χ4v) is 5.42. The van der Waals surface area contributed by atoms with E-state index >= 15 is 0 Å². The number of aryl methyl sites for hydroxylation is 1. The number of halogens is 2. The van der Waals surface area contributed by atoms with Gasteiger partial charge in [-0.05, 0) is 31.0 Å². The van der Waals surface area contributed by atoms with Crippen molar-refractivity contribution in [2.24, 2.45) is 7.05 Å². The van der Waals surface area contributed by atoms with Crippen LogP contribution in [-0.4, -0.2) is 30.2 Å². The average Bonchev–Trinajstić information content (AvgIpc) is 3.02. The van der Waals surface area contributed by atoms with Crippen molar-refractivity contribution < 1.29 is 27.0 Å². The number of nitrogens with one attached hydrogen (secondary N) is 2. The minimum absolute atomic E-state index is 0.000583. The highest BCUT2D eigenvalue weighted by molar-refractivity contribution is 7.89. The van der Waals surface area contributed by atoms with E-state index in [1.54, 1.807) is 14.0 Å². The minimum Gasteiger partial charge on any atom is -0.488 e. The summed E-state index contributed by atoms with van der Waals surface area (Å²) in [4.78, 5) is -0.113. The molecule has 7 nitrogen and oxygen atoms in total. The molecule has 4 rings (SSSR count). The van der Waals surface area contributed by atoms with E-state index in [9.17, 15) is 22.3 Å². The molecule has 0 saturated carbocycles. The monoisotopic (exact) mass is 463 g/mol. The number of anilines is 1. The third-order valence-electron chi connectivity index (χ3n) is 5.27. The quantitative estimate of drug-likeness (QED) is 0.506. The molecule has 0 bridgehead atoms. The van der Waals surface area contributed by atoms with E-state index in [1.165, 1.54) is 16.8 Å². The summed E-state index contributed by atoms with van der Waals surface area (Å²) in [6.07, 6.45) is 0.300. The zero-order valence-electron chi connectivity index (χ0n) is 17.5. The van der Waals surface area contributed by atoms with E-state index in [-0.39, 0.29) is 28.6 Å². The van der Waals surface area contributed by atoms with Crippen molar-refractivity contribution in [1.82, 2.24) is 9.29 Å². The Morgan fingerprint density at radius 1 is 1.22 bits per heavy atom. The normalized spacial score (nSPS) is 20.7. The fourth-order valence-electron chi connectivity index (χ4n) is 3.83. The van der Waals surface area contributed by atoms with Crippen LogP contribution in [0.1, 0.15) is 24.4 Å². The highest BCUT2D eigenvalue weighted by Gasteiger charge is 2.40. The lowest BCUT2D eigenvalue weighted by atomic mass is 9.95. The third-order valence-corrected chi connectivity index (χ3v) is 6.90. The van der Waals surface area contributed by atoms with Gasteiger partial charge in [0.2, 0.25) is 10.0 Å². The first-order chi connectivity index (χ1) is 15.1. The molecule has 1 aliphatic heterocycles. The molecule has 2 atom stereocenters. The van der Waals surface area contributed by atoms with Gasteiger partial charge in [-0.25, -0.2) is 21.9 Å². The maximum Gasteiger partial charge on any atom is 0.246 e. The minimum atomic E-state index is -3.97. The van der Waals surface area contributed by atoms with E-state index < -0.39 is 33.4 Å². The van der Waals surface area contributed by atoms with Gasteiger partial charge in [-0.2, -0.15) is 0 Å². The van der Waals surface area contributed by atoms with Crippen molar-refractivity contribution in [3.8, 4) is 5.75 Å². The largest absolute Gasteiger partial charge is 0.488 e. The predicted octanol–water partition coefficient (Wildman–Crippen LogP) is 3.08. The Bertz CT molecular complexity index is 1250. The lowest BCUT2D eigenvalue weighted by Gasteiger charge is -2.28. The van der Waals surface area contributed by atoms with Crippen LogP contribution in [0.15, 0.2) is 59.6 Å². The molecule has 0 aliphatic carbocycles. The zero-order chi connectivity index (χ0) is 23.1. The van der Waals surface area contributed by atoms with Gasteiger partial charge in [0.25, 0.3) is 0 Å². The Morgan fingerprint density at radius 2 is 1.94 bits per heavy atom. The van der Waals surface area contributed by atoms with E-state index in [2.05, 4.69) is 10.0 Å². The van der Waals surface area contributed by atoms with Crippen molar-refractivity contribution >= 4 is 15.7 Å². The number of hydrogen-bond acceptors (Lipinski definition) is 5. The standard InChI is InChI=1S/C22H23F2N3O4S/c1-22(11-14-6-4-3-5-7-14)13-31-20-18(32(29,30)26-22)12-27(2)19(20)21(28)25-15-8-9-16(23)17(24)10-15/h3-10,12,21,25-26,28H,11,13H2,1-2H3/t21?,22-/m1/s1. The van der Waals surface area contributed by atoms with Gasteiger partial charge >= 0.3 is 0 Å². The first-order valence-electron chi connectivity index (χ1n) is 9.87. The maximum atomic E-state index is 13.5. The van der Waals surface area contributed by atoms with Crippen LogP contribution >= 0.6 is 0 Å². The van der Waals surface area contributed by atoms with E-state index in [0.29, 0.717) is 6.42 Å². The lowest BCUT2D eigenvalue weighted by Crippen LogP contribution is -2.50. The summed E-state index contributed by atoms with van der Waals surface area (Å²) >= 11 is 0. The van der Waals surface area contributed by atoms with E-state index in [4.69, 9.17) is 4.74 Å². The molecule has 10 heteroatoms. The number of aliphatic hydroxyl groups is 1. The summed E-state index contributed by atoms with van der Waals surface area (Å²) in [5.41, 5.74) is 0.267. The van der Waals surface area contributed by atoms with Gasteiger partial charge in [-0.1, -0.05) is 30.3 Å². The molecule has 1 aromatic heterocycles. The molecule has 0 amide bonds. The van der Waals surface area contributed by atoms with Crippen LogP contribution < -0.4 is 14.8 Å². The molecule has 0 fully saturated rings. The maximum absolute atomic E-state index is 13.5. The number of sulfonamides is 1. The van der Waals surface area contributed by atoms with Gasteiger partial charge < -0.3 is 19.7 Å². The first-order valence-corrected chi connectivity index (χ1v) is 11.4. The van der Waals surface area contributed by atoms with Crippen LogP contribution in [0.25, 0.3) is 0 Å². The predicted molar refractivity (Wildman–Crippen MR) is 115 cm³/mol. The molecule has 3 N–H and O–H groups in total. The Morgan fingerprint density at radius 3 is 2.62 bits per heavy atom. The topological polar surface area (TPSA) is 92.6 Å². The van der Waals surface area contributed by atoms with Crippen molar-refractivity contribution in [2.75, 3.05) is 11.9 Å². The molecule has 3 aromatic rings.